The van der Waals surface area contributed by atoms with E-state index in [2.05, 4.69) is 68.9 Å². The van der Waals surface area contributed by atoms with Gasteiger partial charge in [-0.1, -0.05) is 100 Å². The van der Waals surface area contributed by atoms with E-state index in [-0.39, 0.29) is 6.04 Å². The molecule has 0 amide bonds. The molecule has 1 aromatic heterocycles. The lowest BCUT2D eigenvalue weighted by molar-refractivity contribution is 0.428. The summed E-state index contributed by atoms with van der Waals surface area (Å²) in [5, 5.41) is 11.4. The van der Waals surface area contributed by atoms with Gasteiger partial charge >= 0.3 is 0 Å². The van der Waals surface area contributed by atoms with E-state index in [1.165, 1.54) is 16.3 Å². The molecule has 4 rings (SSSR count). The van der Waals surface area contributed by atoms with E-state index in [1.54, 1.807) is 0 Å². The van der Waals surface area contributed by atoms with E-state index in [0.717, 1.165) is 35.8 Å². The molecule has 4 heteroatoms. The molecule has 0 radical (unpaired) electrons. The number of fused-ring (bicyclic) bond motifs is 1. The monoisotopic (exact) mass is 434 g/mol. The van der Waals surface area contributed by atoms with Gasteiger partial charge in [0.2, 0.25) is 5.88 Å². The molecule has 1 atom stereocenters. The number of unbranched alkanes of at least 4 members (excludes halogenated alkanes) is 1. The maximum absolute atomic E-state index is 5.62. The van der Waals surface area contributed by atoms with Gasteiger partial charge in [-0.25, -0.2) is 0 Å². The van der Waals surface area contributed by atoms with Crippen molar-refractivity contribution in [1.29, 1.82) is 0 Å². The summed E-state index contributed by atoms with van der Waals surface area (Å²) in [6.45, 7) is 0. The molecule has 1 N–H and O–H groups in total. The third-order valence-electron chi connectivity index (χ3n) is 4.97. The number of hydrogen-bond acceptors (Lipinski definition) is 3. The van der Waals surface area contributed by atoms with Crippen LogP contribution in [0.25, 0.3) is 22.0 Å². The molecule has 142 valence electrons. The zero-order valence-corrected chi connectivity index (χ0v) is 17.2. The van der Waals surface area contributed by atoms with Crippen LogP contribution in [0.2, 0.25) is 0 Å². The van der Waals surface area contributed by atoms with Crippen molar-refractivity contribution in [2.75, 3.05) is 10.6 Å². The van der Waals surface area contributed by atoms with Crippen LogP contribution in [-0.2, 0) is 0 Å². The highest BCUT2D eigenvalue weighted by Gasteiger charge is 2.17. The minimum absolute atomic E-state index is 0.168. The predicted octanol–water partition coefficient (Wildman–Crippen LogP) is 7.21. The fraction of sp³-hybridized carbons (Fsp3) is 0.208. The smallest absolute Gasteiger partial charge is 0.225 e. The number of anilines is 1. The van der Waals surface area contributed by atoms with Crippen LogP contribution in [0.15, 0.2) is 83.4 Å². The first-order valence-electron chi connectivity index (χ1n) is 9.67. The summed E-state index contributed by atoms with van der Waals surface area (Å²) in [6.07, 6.45) is 3.31. The summed E-state index contributed by atoms with van der Waals surface area (Å²) >= 11 is 3.54. The van der Waals surface area contributed by atoms with Crippen molar-refractivity contribution in [2.24, 2.45) is 0 Å². The van der Waals surface area contributed by atoms with E-state index in [1.807, 2.05) is 36.4 Å². The average Bonchev–Trinajstić information content (AvgIpc) is 3.22. The molecule has 1 unspecified atom stereocenters. The Hall–Kier alpha value is -2.59. The summed E-state index contributed by atoms with van der Waals surface area (Å²) < 4.78 is 5.62. The molecular formula is C24H23BrN2O. The minimum atomic E-state index is 0.168. The van der Waals surface area contributed by atoms with Crippen molar-refractivity contribution < 1.29 is 4.52 Å². The molecule has 0 fully saturated rings. The van der Waals surface area contributed by atoms with Crippen LogP contribution in [0.4, 0.5) is 5.88 Å². The van der Waals surface area contributed by atoms with E-state index in [9.17, 15) is 0 Å². The third kappa shape index (κ3) is 4.28. The van der Waals surface area contributed by atoms with E-state index in [4.69, 9.17) is 4.52 Å². The second kappa shape index (κ2) is 9.07. The Labute approximate surface area is 173 Å². The van der Waals surface area contributed by atoms with Gasteiger partial charge in [-0.15, -0.1) is 0 Å². The molecule has 0 aliphatic heterocycles. The highest BCUT2D eigenvalue weighted by atomic mass is 79.9. The molecule has 0 saturated carbocycles. The van der Waals surface area contributed by atoms with Crippen LogP contribution in [0, 0.1) is 0 Å². The second-order valence-corrected chi connectivity index (χ2v) is 7.69. The zero-order valence-electron chi connectivity index (χ0n) is 15.6. The fourth-order valence-electron chi connectivity index (χ4n) is 3.56. The Bertz CT molecular complexity index is 1020. The Morgan fingerprint density at radius 1 is 0.893 bits per heavy atom. The fourth-order valence-corrected chi connectivity index (χ4v) is 3.96. The molecule has 0 aliphatic rings. The number of hydrogen-bond donors (Lipinski definition) is 1. The number of aromatic nitrogens is 1. The molecular weight excluding hydrogens is 412 g/mol. The van der Waals surface area contributed by atoms with Gasteiger partial charge in [-0.3, -0.25) is 0 Å². The molecule has 3 nitrogen and oxygen atoms in total. The lowest BCUT2D eigenvalue weighted by Gasteiger charge is -2.20. The first-order valence-corrected chi connectivity index (χ1v) is 10.8. The van der Waals surface area contributed by atoms with Gasteiger partial charge < -0.3 is 9.84 Å². The Balaban J connectivity index is 1.62. The van der Waals surface area contributed by atoms with Crippen molar-refractivity contribution in [3.05, 3.63) is 84.4 Å². The Morgan fingerprint density at radius 3 is 2.54 bits per heavy atom. The summed E-state index contributed by atoms with van der Waals surface area (Å²) in [5.74, 6) is 0.704. The van der Waals surface area contributed by atoms with Crippen molar-refractivity contribution in [1.82, 2.24) is 5.16 Å². The molecule has 3 aromatic carbocycles. The Morgan fingerprint density at radius 2 is 1.68 bits per heavy atom. The quantitative estimate of drug-likeness (QED) is 0.235. The third-order valence-corrected chi connectivity index (χ3v) is 5.53. The molecule has 4 aromatic rings. The van der Waals surface area contributed by atoms with Crippen LogP contribution >= 0.6 is 15.9 Å². The first-order chi connectivity index (χ1) is 13.8. The predicted molar refractivity (Wildman–Crippen MR) is 120 cm³/mol. The van der Waals surface area contributed by atoms with Gasteiger partial charge in [0, 0.05) is 17.0 Å². The van der Waals surface area contributed by atoms with Crippen LogP contribution in [-0.4, -0.2) is 10.5 Å². The second-order valence-electron chi connectivity index (χ2n) is 6.89. The van der Waals surface area contributed by atoms with Gasteiger partial charge in [-0.2, -0.15) is 0 Å². The number of alkyl halides is 1. The topological polar surface area (TPSA) is 38.1 Å². The number of benzene rings is 3. The van der Waals surface area contributed by atoms with Gasteiger partial charge in [-0.05, 0) is 29.2 Å². The van der Waals surface area contributed by atoms with Crippen LogP contribution in [0.1, 0.15) is 30.9 Å². The number of nitrogens with zero attached hydrogens (tertiary/aromatic N) is 1. The van der Waals surface area contributed by atoms with Crippen molar-refractivity contribution >= 4 is 32.6 Å². The highest BCUT2D eigenvalue weighted by Crippen LogP contribution is 2.32. The number of nitrogens with one attached hydrogen (secondary N) is 1. The van der Waals surface area contributed by atoms with E-state index >= 15 is 0 Å². The van der Waals surface area contributed by atoms with Crippen molar-refractivity contribution in [3.8, 4) is 11.3 Å². The summed E-state index contributed by atoms with van der Waals surface area (Å²) in [5.41, 5.74) is 3.20. The molecule has 0 bridgehead atoms. The average molecular weight is 435 g/mol. The summed E-state index contributed by atoms with van der Waals surface area (Å²) in [6, 6.07) is 27.3. The number of rotatable bonds is 8. The van der Waals surface area contributed by atoms with Crippen LogP contribution < -0.4 is 5.32 Å². The van der Waals surface area contributed by atoms with Crippen molar-refractivity contribution in [3.63, 3.8) is 0 Å². The summed E-state index contributed by atoms with van der Waals surface area (Å²) in [4.78, 5) is 0. The van der Waals surface area contributed by atoms with Crippen LogP contribution in [0.3, 0.4) is 0 Å². The molecule has 0 aliphatic carbocycles. The zero-order chi connectivity index (χ0) is 19.2. The van der Waals surface area contributed by atoms with Crippen LogP contribution in [0.5, 0.6) is 0 Å². The molecule has 28 heavy (non-hydrogen) atoms. The van der Waals surface area contributed by atoms with Crippen molar-refractivity contribution in [2.45, 2.75) is 25.3 Å². The lowest BCUT2D eigenvalue weighted by Crippen LogP contribution is -2.11. The standard InChI is InChI=1S/C24H23BrN2O/c25-16-7-6-15-22(21-14-8-12-18-9-4-5-13-20(18)21)26-24-17-23(27-28-24)19-10-2-1-3-11-19/h1-5,8-14,17,22,26H,6-7,15-16H2. The lowest BCUT2D eigenvalue weighted by atomic mass is 9.95. The minimum Gasteiger partial charge on any atom is -0.347 e. The van der Waals surface area contributed by atoms with Gasteiger partial charge in [0.1, 0.15) is 5.69 Å². The van der Waals surface area contributed by atoms with Gasteiger partial charge in [0.15, 0.2) is 0 Å². The van der Waals surface area contributed by atoms with E-state index in [0.29, 0.717) is 5.88 Å². The van der Waals surface area contributed by atoms with E-state index < -0.39 is 0 Å². The van der Waals surface area contributed by atoms with Gasteiger partial charge in [0.25, 0.3) is 0 Å². The maximum atomic E-state index is 5.62. The highest BCUT2D eigenvalue weighted by molar-refractivity contribution is 9.09. The Kier molecular flexibility index (Phi) is 6.07. The first kappa shape index (κ1) is 18.8. The maximum Gasteiger partial charge on any atom is 0.225 e. The summed E-state index contributed by atoms with van der Waals surface area (Å²) in [7, 11) is 0. The normalized spacial score (nSPS) is 12.2. The molecule has 0 spiro atoms. The largest absolute Gasteiger partial charge is 0.347 e. The molecule has 0 saturated heterocycles. The van der Waals surface area contributed by atoms with Gasteiger partial charge in [0.05, 0.1) is 6.04 Å². The number of halogens is 1. The SMILES string of the molecule is BrCCCCC(Nc1cc(-c2ccccc2)no1)c1cccc2ccccc12. The molecule has 1 heterocycles.